The molecule has 0 aliphatic carbocycles. The fraction of sp³-hybridized carbons (Fsp3) is 0.375. The van der Waals surface area contributed by atoms with E-state index < -0.39 is 22.0 Å². The van der Waals surface area contributed by atoms with E-state index in [0.29, 0.717) is 36.7 Å². The summed E-state index contributed by atoms with van der Waals surface area (Å²) in [5, 5.41) is 19.1. The largest absolute Gasteiger partial charge is 0.497 e. The first-order valence-electron chi connectivity index (χ1n) is 14.3. The third-order valence-corrected chi connectivity index (χ3v) is 9.08. The second-order valence-electron chi connectivity index (χ2n) is 11.2. The lowest BCUT2D eigenvalue weighted by molar-refractivity contribution is -0.134. The minimum Gasteiger partial charge on any atom is -0.497 e. The van der Waals surface area contributed by atoms with Gasteiger partial charge in [-0.05, 0) is 74.1 Å². The highest BCUT2D eigenvalue weighted by Crippen LogP contribution is 2.30. The highest BCUT2D eigenvalue weighted by atomic mass is 32.2. The molecule has 0 saturated carbocycles. The highest BCUT2D eigenvalue weighted by molar-refractivity contribution is 7.92. The van der Waals surface area contributed by atoms with Crippen molar-refractivity contribution in [1.82, 2.24) is 9.80 Å². The Labute approximate surface area is 258 Å². The number of hydrogen-bond acceptors (Lipinski definition) is 8. The molecule has 0 unspecified atom stereocenters. The van der Waals surface area contributed by atoms with Crippen molar-refractivity contribution in [2.75, 3.05) is 38.6 Å². The lowest BCUT2D eigenvalue weighted by Gasteiger charge is -2.34. The molecule has 236 valence electrons. The molecule has 12 heteroatoms. The average molecular weight is 626 g/mol. The van der Waals surface area contributed by atoms with Crippen molar-refractivity contribution in [1.29, 1.82) is 0 Å². The van der Waals surface area contributed by atoms with Crippen molar-refractivity contribution >= 4 is 27.6 Å². The number of carboxylic acids is 1. The maximum Gasteiger partial charge on any atom is 0.335 e. The van der Waals surface area contributed by atoms with Gasteiger partial charge in [0.25, 0.3) is 10.0 Å². The van der Waals surface area contributed by atoms with Gasteiger partial charge < -0.3 is 24.6 Å². The molecule has 3 atom stereocenters. The van der Waals surface area contributed by atoms with Crippen molar-refractivity contribution in [3.05, 3.63) is 83.4 Å². The number of methoxy groups -OCH3 is 1. The predicted molar refractivity (Wildman–Crippen MR) is 166 cm³/mol. The summed E-state index contributed by atoms with van der Waals surface area (Å²) in [5.41, 5.74) is 1.96. The van der Waals surface area contributed by atoms with Gasteiger partial charge in [-0.2, -0.15) is 0 Å². The van der Waals surface area contributed by atoms with Crippen molar-refractivity contribution in [3.8, 4) is 11.5 Å². The topological polar surface area (TPSA) is 146 Å². The molecular weight excluding hydrogens is 586 g/mol. The van der Waals surface area contributed by atoms with Gasteiger partial charge in [0.2, 0.25) is 5.91 Å². The maximum atomic E-state index is 13.5. The van der Waals surface area contributed by atoms with Crippen LogP contribution < -0.4 is 14.2 Å². The van der Waals surface area contributed by atoms with E-state index in [9.17, 15) is 28.2 Å². The van der Waals surface area contributed by atoms with Crippen LogP contribution in [0.4, 0.5) is 5.69 Å². The number of amides is 1. The minimum atomic E-state index is -3.92. The Balaban J connectivity index is 1.60. The van der Waals surface area contributed by atoms with E-state index in [1.54, 1.807) is 66.4 Å². The lowest BCUT2D eigenvalue weighted by atomic mass is 10.0. The van der Waals surface area contributed by atoms with E-state index in [2.05, 4.69) is 9.62 Å². The van der Waals surface area contributed by atoms with E-state index in [1.807, 2.05) is 14.0 Å². The molecule has 1 amide bonds. The van der Waals surface area contributed by atoms with Crippen molar-refractivity contribution in [3.63, 3.8) is 0 Å². The Morgan fingerprint density at radius 1 is 1.14 bits per heavy atom. The Morgan fingerprint density at radius 2 is 1.82 bits per heavy atom. The second kappa shape index (κ2) is 14.1. The summed E-state index contributed by atoms with van der Waals surface area (Å²) in [7, 11) is -0.483. The quantitative estimate of drug-likeness (QED) is 0.292. The Hall–Kier alpha value is -4.13. The first kappa shape index (κ1) is 32.8. The molecule has 1 aliphatic rings. The molecule has 3 aromatic rings. The van der Waals surface area contributed by atoms with Crippen LogP contribution in [-0.2, 0) is 27.8 Å². The number of carboxylic acid groups (broad SMARTS) is 1. The highest BCUT2D eigenvalue weighted by Gasteiger charge is 2.31. The fourth-order valence-corrected chi connectivity index (χ4v) is 6.17. The number of hydrogen-bond donors (Lipinski definition) is 3. The number of rotatable bonds is 11. The van der Waals surface area contributed by atoms with Crippen LogP contribution in [0.15, 0.2) is 71.6 Å². The first-order chi connectivity index (χ1) is 20.9. The van der Waals surface area contributed by atoms with Crippen LogP contribution in [0, 0.1) is 5.92 Å². The number of sulfonamides is 1. The number of fused-ring (bicyclic) bond motifs is 1. The number of ether oxygens (including phenoxy) is 2. The van der Waals surface area contributed by atoms with Gasteiger partial charge in [0.15, 0.2) is 0 Å². The van der Waals surface area contributed by atoms with E-state index in [-0.39, 0.29) is 47.1 Å². The molecule has 3 N–H and O–H groups in total. The first-order valence-corrected chi connectivity index (χ1v) is 15.8. The van der Waals surface area contributed by atoms with Crippen molar-refractivity contribution < 1.29 is 37.7 Å². The van der Waals surface area contributed by atoms with Crippen molar-refractivity contribution in [2.45, 2.75) is 43.9 Å². The summed E-state index contributed by atoms with van der Waals surface area (Å²) in [4.78, 5) is 28.5. The zero-order valence-corrected chi connectivity index (χ0v) is 26.1. The Kier molecular flexibility index (Phi) is 10.5. The third kappa shape index (κ3) is 8.07. The molecule has 4 rings (SSSR count). The molecular formula is C32H39N3O8S. The predicted octanol–water partition coefficient (Wildman–Crippen LogP) is 3.48. The van der Waals surface area contributed by atoms with Gasteiger partial charge >= 0.3 is 5.97 Å². The number of likely N-dealkylation sites (N-methyl/N-ethyl adjacent to an activating group) is 1. The number of carbonyl (C=O) groups excluding carboxylic acids is 1. The van der Waals surface area contributed by atoms with Crippen LogP contribution in [0.1, 0.15) is 35.3 Å². The van der Waals surface area contributed by atoms with Crippen LogP contribution in [0.3, 0.4) is 0 Å². The van der Waals surface area contributed by atoms with Crippen LogP contribution >= 0.6 is 0 Å². The number of nitrogens with zero attached hydrogens (tertiary/aromatic N) is 2. The van der Waals surface area contributed by atoms with E-state index >= 15 is 0 Å². The van der Waals surface area contributed by atoms with Crippen LogP contribution in [0.5, 0.6) is 11.5 Å². The number of aliphatic hydroxyl groups is 1. The molecule has 0 saturated heterocycles. The molecule has 0 bridgehead atoms. The summed E-state index contributed by atoms with van der Waals surface area (Å²) < 4.78 is 40.4. The Morgan fingerprint density at radius 3 is 2.43 bits per heavy atom. The Bertz CT molecular complexity index is 1560. The molecule has 1 heterocycles. The van der Waals surface area contributed by atoms with Crippen molar-refractivity contribution in [2.24, 2.45) is 5.92 Å². The third-order valence-electron chi connectivity index (χ3n) is 7.68. The number of carbonyl (C=O) groups is 2. The summed E-state index contributed by atoms with van der Waals surface area (Å²) in [6.45, 7) is 4.96. The number of aliphatic hydroxyl groups excluding tert-OH is 1. The molecule has 44 heavy (non-hydrogen) atoms. The summed E-state index contributed by atoms with van der Waals surface area (Å²) >= 11 is 0. The summed E-state index contributed by atoms with van der Waals surface area (Å²) in [6.07, 6.45) is -0.402. The molecule has 0 aromatic heterocycles. The zero-order valence-electron chi connectivity index (χ0n) is 25.3. The SMILES string of the molecule is COc1ccc(S(=O)(=O)Nc2ccc3c(c2)CC(=O)N([C@@H](C)CO)C[C@@H](C)[C@@H](CN(C)Cc2ccc(C(=O)O)cc2)O3)cc1. The van der Waals surface area contributed by atoms with Gasteiger partial charge in [-0.1, -0.05) is 19.1 Å². The van der Waals surface area contributed by atoms with Crippen LogP contribution in [0.25, 0.3) is 0 Å². The lowest BCUT2D eigenvalue weighted by Crippen LogP contribution is -2.47. The number of aromatic carboxylic acids is 1. The van der Waals surface area contributed by atoms with Gasteiger partial charge in [-0.15, -0.1) is 0 Å². The summed E-state index contributed by atoms with van der Waals surface area (Å²) in [5.74, 6) is -0.302. The maximum absolute atomic E-state index is 13.5. The van der Waals surface area contributed by atoms with Gasteiger partial charge in [-0.3, -0.25) is 14.4 Å². The second-order valence-corrected chi connectivity index (χ2v) is 12.9. The normalized spacial score (nSPS) is 18.0. The minimum absolute atomic E-state index is 0.0387. The number of anilines is 1. The average Bonchev–Trinajstić information content (AvgIpc) is 3.04. The van der Waals surface area contributed by atoms with Crippen LogP contribution in [0.2, 0.25) is 0 Å². The van der Waals surface area contributed by atoms with Gasteiger partial charge in [0.1, 0.15) is 17.6 Å². The van der Waals surface area contributed by atoms with Gasteiger partial charge in [0.05, 0.1) is 36.6 Å². The van der Waals surface area contributed by atoms with Gasteiger partial charge in [-0.25, -0.2) is 13.2 Å². The van der Waals surface area contributed by atoms with E-state index in [1.165, 1.54) is 19.2 Å². The van der Waals surface area contributed by atoms with Crippen LogP contribution in [-0.4, -0.2) is 86.3 Å². The monoisotopic (exact) mass is 625 g/mol. The van der Waals surface area contributed by atoms with E-state index in [4.69, 9.17) is 9.47 Å². The fourth-order valence-electron chi connectivity index (χ4n) is 5.12. The molecule has 1 aliphatic heterocycles. The molecule has 11 nitrogen and oxygen atoms in total. The molecule has 0 spiro atoms. The number of benzene rings is 3. The van der Waals surface area contributed by atoms with E-state index in [0.717, 1.165) is 5.56 Å². The molecule has 0 fully saturated rings. The molecule has 3 aromatic carbocycles. The zero-order chi connectivity index (χ0) is 32.0. The van der Waals surface area contributed by atoms with Gasteiger partial charge in [0, 0.05) is 36.8 Å². The number of nitrogens with one attached hydrogen (secondary N) is 1. The molecule has 0 radical (unpaired) electrons. The smallest absolute Gasteiger partial charge is 0.335 e. The standard InChI is InChI=1S/C32H39N3O8S/c1-21-17-35(22(2)20-36)31(37)16-25-15-26(33-44(40,41)28-12-10-27(42-4)11-13-28)9-14-29(25)43-30(21)19-34(3)18-23-5-7-24(8-6-23)32(38)39/h5-15,21-22,30,33,36H,16-20H2,1-4H3,(H,38,39)/t21-,22+,30-/m1/s1. The summed E-state index contributed by atoms with van der Waals surface area (Å²) in [6, 6.07) is 17.2.